The molecule has 0 rings (SSSR count). The van der Waals surface area contributed by atoms with Crippen molar-refractivity contribution >= 4 is 0 Å². The molecule has 0 atom stereocenters. The Labute approximate surface area is 101 Å². The van der Waals surface area contributed by atoms with Crippen LogP contribution in [-0.2, 0) is 4.74 Å². The molecule has 0 aromatic carbocycles. The number of hydrogen-bond donors (Lipinski definition) is 0. The Kier molecular flexibility index (Phi) is 4.90. The highest BCUT2D eigenvalue weighted by Gasteiger charge is 2.64. The van der Waals surface area contributed by atoms with Crippen molar-refractivity contribution in [3.8, 4) is 0 Å². The van der Waals surface area contributed by atoms with Gasteiger partial charge in [0.25, 0.3) is 0 Å². The molecule has 20 heavy (non-hydrogen) atoms. The summed E-state index contributed by atoms with van der Waals surface area (Å²) in [5, 5.41) is 0. The predicted molar refractivity (Wildman–Crippen MR) is 37.2 cm³/mol. The van der Waals surface area contributed by atoms with Gasteiger partial charge in [0.2, 0.25) is 11.6 Å². The Balaban J connectivity index is 5.68. The second-order valence-corrected chi connectivity index (χ2v) is 3.12. The summed E-state index contributed by atoms with van der Waals surface area (Å²) in [6.07, 6.45) is -18.6. The van der Waals surface area contributed by atoms with Crippen molar-refractivity contribution in [2.24, 2.45) is 0 Å². The van der Waals surface area contributed by atoms with Crippen LogP contribution in [0, 0.1) is 0 Å². The third-order valence-corrected chi connectivity index (χ3v) is 1.47. The molecule has 0 aromatic rings. The number of halogens is 12. The second kappa shape index (κ2) is 5.24. The van der Waals surface area contributed by atoms with Crippen molar-refractivity contribution in [3.05, 3.63) is 11.6 Å². The molecule has 0 unspecified atom stereocenters. The fourth-order valence-electron chi connectivity index (χ4n) is 0.691. The molecule has 0 aromatic heterocycles. The van der Waals surface area contributed by atoms with Crippen molar-refractivity contribution in [2.45, 2.75) is 24.5 Å². The molecule has 0 N–H and O–H groups in total. The molecule has 0 saturated carbocycles. The first-order chi connectivity index (χ1) is 8.50. The zero-order valence-electron chi connectivity index (χ0n) is 8.65. The van der Waals surface area contributed by atoms with Gasteiger partial charge >= 0.3 is 24.5 Å². The van der Waals surface area contributed by atoms with E-state index in [9.17, 15) is 52.7 Å². The van der Waals surface area contributed by atoms with Crippen LogP contribution in [0.15, 0.2) is 11.6 Å². The van der Waals surface area contributed by atoms with Gasteiger partial charge in [0.05, 0.1) is 0 Å². The van der Waals surface area contributed by atoms with E-state index in [1.54, 1.807) is 0 Å². The summed E-state index contributed by atoms with van der Waals surface area (Å²) in [6, 6.07) is 0. The van der Waals surface area contributed by atoms with Crippen LogP contribution in [0.4, 0.5) is 52.7 Å². The fraction of sp³-hybridized carbons (Fsp3) is 0.714. The van der Waals surface area contributed by atoms with Crippen molar-refractivity contribution < 1.29 is 57.4 Å². The lowest BCUT2D eigenvalue weighted by molar-refractivity contribution is -0.275. The Bertz CT molecular complexity index is 369. The number of allylic oxidation sites excluding steroid dienone is 2. The first kappa shape index (κ1) is 18.7. The fourth-order valence-corrected chi connectivity index (χ4v) is 0.691. The summed E-state index contributed by atoms with van der Waals surface area (Å²) in [5.74, 6) is -14.6. The molecule has 0 radical (unpaired) electrons. The highest BCUT2D eigenvalue weighted by molar-refractivity contribution is 5.16. The summed E-state index contributed by atoms with van der Waals surface area (Å²) < 4.78 is 145. The van der Waals surface area contributed by atoms with Crippen molar-refractivity contribution in [2.75, 3.05) is 6.61 Å². The molecule has 1 nitrogen and oxygen atoms in total. The summed E-state index contributed by atoms with van der Waals surface area (Å²) in [7, 11) is 0. The van der Waals surface area contributed by atoms with Crippen molar-refractivity contribution in [1.29, 1.82) is 0 Å². The van der Waals surface area contributed by atoms with Crippen LogP contribution in [0.2, 0.25) is 0 Å². The molecule has 0 aliphatic heterocycles. The SMILES string of the molecule is FC(=C(OCC(F)(F)F)C(F)(F)F)C(F)(F)C(F)(F)F. The lowest BCUT2D eigenvalue weighted by Crippen LogP contribution is -2.39. The van der Waals surface area contributed by atoms with Gasteiger partial charge in [-0.25, -0.2) is 4.39 Å². The van der Waals surface area contributed by atoms with Gasteiger partial charge in [-0.3, -0.25) is 0 Å². The van der Waals surface area contributed by atoms with Crippen LogP contribution >= 0.6 is 0 Å². The van der Waals surface area contributed by atoms with Crippen LogP contribution in [0.25, 0.3) is 0 Å². The Morgan fingerprint density at radius 3 is 1.40 bits per heavy atom. The summed E-state index contributed by atoms with van der Waals surface area (Å²) in [6.45, 7) is -2.90. The van der Waals surface area contributed by atoms with Crippen LogP contribution in [0.3, 0.4) is 0 Å². The maximum atomic E-state index is 12.6. The Morgan fingerprint density at radius 1 is 0.750 bits per heavy atom. The summed E-state index contributed by atoms with van der Waals surface area (Å²) in [4.78, 5) is 0. The third-order valence-electron chi connectivity index (χ3n) is 1.47. The minimum absolute atomic E-state index is 2.69. The van der Waals surface area contributed by atoms with E-state index in [1.807, 2.05) is 0 Å². The average Bonchev–Trinajstić information content (AvgIpc) is 2.11. The molecule has 0 spiro atoms. The number of alkyl halides is 11. The van der Waals surface area contributed by atoms with Crippen LogP contribution in [0.5, 0.6) is 0 Å². The summed E-state index contributed by atoms with van der Waals surface area (Å²) in [5.41, 5.74) is 0. The quantitative estimate of drug-likeness (QED) is 0.547. The molecular formula is C7H2F12O. The molecule has 0 saturated heterocycles. The molecular weight excluding hydrogens is 328 g/mol. The third kappa shape index (κ3) is 4.67. The molecule has 120 valence electrons. The average molecular weight is 330 g/mol. The first-order valence-electron chi connectivity index (χ1n) is 4.11. The number of rotatable bonds is 3. The van der Waals surface area contributed by atoms with E-state index in [0.717, 1.165) is 0 Å². The molecule has 0 aliphatic carbocycles. The smallest absolute Gasteiger partial charge is 0.460 e. The van der Waals surface area contributed by atoms with E-state index in [4.69, 9.17) is 0 Å². The molecule has 0 bridgehead atoms. The topological polar surface area (TPSA) is 9.23 Å². The van der Waals surface area contributed by atoms with E-state index < -0.39 is 42.6 Å². The van der Waals surface area contributed by atoms with Gasteiger partial charge in [-0.2, -0.15) is 48.3 Å². The Hall–Kier alpha value is -1.30. The standard InChI is InChI=1S/C7H2F12O/c8-2(5(12,13)7(17,18)19)3(6(14,15)16)20-1-4(9,10)11/h1H2. The van der Waals surface area contributed by atoms with E-state index in [1.165, 1.54) is 0 Å². The highest BCUT2D eigenvalue weighted by Crippen LogP contribution is 2.45. The minimum atomic E-state index is -6.78. The highest BCUT2D eigenvalue weighted by atomic mass is 19.4. The summed E-state index contributed by atoms with van der Waals surface area (Å²) >= 11 is 0. The van der Waals surface area contributed by atoms with E-state index >= 15 is 0 Å². The van der Waals surface area contributed by atoms with E-state index in [2.05, 4.69) is 4.74 Å². The van der Waals surface area contributed by atoms with Gasteiger partial charge in [-0.1, -0.05) is 0 Å². The van der Waals surface area contributed by atoms with Gasteiger partial charge in [0.15, 0.2) is 6.61 Å². The number of ether oxygens (including phenoxy) is 1. The van der Waals surface area contributed by atoms with Gasteiger partial charge in [-0.05, 0) is 0 Å². The van der Waals surface area contributed by atoms with E-state index in [0.29, 0.717) is 0 Å². The molecule has 0 heterocycles. The van der Waals surface area contributed by atoms with Crippen molar-refractivity contribution in [1.82, 2.24) is 0 Å². The predicted octanol–water partition coefficient (Wildman–Crippen LogP) is 4.51. The van der Waals surface area contributed by atoms with Gasteiger partial charge in [-0.15, -0.1) is 0 Å². The first-order valence-corrected chi connectivity index (χ1v) is 4.11. The molecule has 0 amide bonds. The molecule has 13 heteroatoms. The van der Waals surface area contributed by atoms with Gasteiger partial charge in [0.1, 0.15) is 0 Å². The van der Waals surface area contributed by atoms with Gasteiger partial charge in [0, 0.05) is 0 Å². The molecule has 0 aliphatic rings. The maximum Gasteiger partial charge on any atom is 0.460 e. The van der Waals surface area contributed by atoms with Crippen LogP contribution in [0.1, 0.15) is 0 Å². The second-order valence-electron chi connectivity index (χ2n) is 3.12. The van der Waals surface area contributed by atoms with Gasteiger partial charge < -0.3 is 4.74 Å². The minimum Gasteiger partial charge on any atom is -0.477 e. The van der Waals surface area contributed by atoms with Crippen molar-refractivity contribution in [3.63, 3.8) is 0 Å². The maximum absolute atomic E-state index is 12.6. The van der Waals surface area contributed by atoms with E-state index in [-0.39, 0.29) is 0 Å². The Morgan fingerprint density at radius 2 is 1.15 bits per heavy atom. The zero-order valence-corrected chi connectivity index (χ0v) is 8.65. The normalized spacial score (nSPS) is 16.0. The van der Waals surface area contributed by atoms with Crippen LogP contribution in [-0.4, -0.2) is 31.1 Å². The monoisotopic (exact) mass is 330 g/mol. The molecule has 0 fully saturated rings. The zero-order chi connectivity index (χ0) is 16.6. The lowest BCUT2D eigenvalue weighted by atomic mass is 10.2. The largest absolute Gasteiger partial charge is 0.477 e. The number of hydrogen-bond acceptors (Lipinski definition) is 1. The van der Waals surface area contributed by atoms with Crippen LogP contribution < -0.4 is 0 Å². The lowest BCUT2D eigenvalue weighted by Gasteiger charge is -2.22.